The summed E-state index contributed by atoms with van der Waals surface area (Å²) in [5, 5.41) is 12.6. The van der Waals surface area contributed by atoms with Gasteiger partial charge in [0.15, 0.2) is 0 Å². The predicted octanol–water partition coefficient (Wildman–Crippen LogP) is 0.948. The number of rotatable bonds is 9. The van der Waals surface area contributed by atoms with Gasteiger partial charge in [0.05, 0.1) is 12.1 Å². The van der Waals surface area contributed by atoms with Crippen molar-refractivity contribution in [3.8, 4) is 0 Å². The number of nitrogens with two attached hydrogens (primary N) is 1. The first-order valence-electron chi connectivity index (χ1n) is 7.58. The molecular formula is C17H25N2O3. The fourth-order valence-electron chi connectivity index (χ4n) is 2.09. The summed E-state index contributed by atoms with van der Waals surface area (Å²) in [6.07, 6.45) is 2.00. The molecule has 0 aliphatic heterocycles. The molecule has 0 saturated heterocycles. The minimum Gasteiger partial charge on any atom is -0.391 e. The lowest BCUT2D eigenvalue weighted by Gasteiger charge is -2.20. The summed E-state index contributed by atoms with van der Waals surface area (Å²) < 4.78 is 0. The van der Waals surface area contributed by atoms with Crippen LogP contribution in [0, 0.1) is 5.92 Å². The van der Waals surface area contributed by atoms with Gasteiger partial charge in [-0.3, -0.25) is 9.59 Å². The Kier molecular flexibility index (Phi) is 7.77. The van der Waals surface area contributed by atoms with E-state index in [-0.39, 0.29) is 24.7 Å². The van der Waals surface area contributed by atoms with Crippen LogP contribution in [0.3, 0.4) is 0 Å². The molecule has 1 unspecified atom stereocenters. The van der Waals surface area contributed by atoms with Crippen molar-refractivity contribution in [1.29, 1.82) is 0 Å². The Morgan fingerprint density at radius 1 is 1.32 bits per heavy atom. The number of carbonyl (C=O) groups excluding carboxylic acids is 2. The third-order valence-electron chi connectivity index (χ3n) is 3.59. The van der Waals surface area contributed by atoms with Crippen LogP contribution in [0.25, 0.3) is 0 Å². The Morgan fingerprint density at radius 2 is 1.95 bits per heavy atom. The monoisotopic (exact) mass is 305 g/mol. The smallest absolute Gasteiger partial charge is 0.223 e. The van der Waals surface area contributed by atoms with Crippen LogP contribution in [0.4, 0.5) is 0 Å². The number of benzene rings is 1. The van der Waals surface area contributed by atoms with Gasteiger partial charge in [-0.25, -0.2) is 0 Å². The number of hydrogen-bond donors (Lipinski definition) is 3. The fourth-order valence-corrected chi connectivity index (χ4v) is 2.09. The standard InChI is InChI=1S/C17H25N2O3/c1-12(2)15(11-20)19-17(22)9-8-16(21)14(18)10-13-6-4-3-5-7-13/h3-7,12,14-16,21H,8-10,18H2,1-2H3,(H,19,22)/t14-,15?,16-/m0/s1. The zero-order chi connectivity index (χ0) is 16.5. The van der Waals surface area contributed by atoms with Crippen LogP contribution in [0.1, 0.15) is 32.3 Å². The minimum atomic E-state index is -0.760. The molecule has 0 saturated carbocycles. The summed E-state index contributed by atoms with van der Waals surface area (Å²) in [6.45, 7) is 3.67. The third-order valence-corrected chi connectivity index (χ3v) is 3.59. The van der Waals surface area contributed by atoms with E-state index in [1.165, 1.54) is 0 Å². The largest absolute Gasteiger partial charge is 0.391 e. The van der Waals surface area contributed by atoms with Gasteiger partial charge in [-0.2, -0.15) is 0 Å². The fraction of sp³-hybridized carbons (Fsp3) is 0.529. The number of hydrogen-bond acceptors (Lipinski definition) is 4. The molecule has 0 bridgehead atoms. The van der Waals surface area contributed by atoms with E-state index in [1.54, 1.807) is 6.29 Å². The average molecular weight is 305 g/mol. The van der Waals surface area contributed by atoms with Crippen LogP contribution < -0.4 is 11.1 Å². The Labute approximate surface area is 131 Å². The highest BCUT2D eigenvalue weighted by molar-refractivity contribution is 5.79. The van der Waals surface area contributed by atoms with Gasteiger partial charge >= 0.3 is 0 Å². The first-order chi connectivity index (χ1) is 10.4. The van der Waals surface area contributed by atoms with Gasteiger partial charge in [0.25, 0.3) is 0 Å². The van der Waals surface area contributed by atoms with Crippen LogP contribution in [0.5, 0.6) is 0 Å². The molecule has 121 valence electrons. The van der Waals surface area contributed by atoms with E-state index in [9.17, 15) is 14.7 Å². The van der Waals surface area contributed by atoms with E-state index in [4.69, 9.17) is 5.73 Å². The van der Waals surface area contributed by atoms with E-state index in [2.05, 4.69) is 5.32 Å². The van der Waals surface area contributed by atoms with Crippen molar-refractivity contribution in [1.82, 2.24) is 5.32 Å². The van der Waals surface area contributed by atoms with Gasteiger partial charge in [-0.15, -0.1) is 0 Å². The van der Waals surface area contributed by atoms with Crippen LogP contribution in [-0.4, -0.2) is 35.5 Å². The number of amides is 1. The Bertz CT molecular complexity index is 462. The molecule has 1 aromatic carbocycles. The van der Waals surface area contributed by atoms with Crippen LogP contribution in [-0.2, 0) is 16.0 Å². The molecule has 1 rings (SSSR count). The maximum atomic E-state index is 11.8. The molecule has 4 N–H and O–H groups in total. The van der Waals surface area contributed by atoms with Gasteiger partial charge in [-0.05, 0) is 24.3 Å². The van der Waals surface area contributed by atoms with Crippen molar-refractivity contribution in [2.24, 2.45) is 11.7 Å². The minimum absolute atomic E-state index is 0.00767. The summed E-state index contributed by atoms with van der Waals surface area (Å²) in [5.74, 6) is -0.278. The molecule has 0 heterocycles. The normalized spacial score (nSPS) is 15.1. The van der Waals surface area contributed by atoms with Crippen LogP contribution >= 0.6 is 0 Å². The van der Waals surface area contributed by atoms with E-state index < -0.39 is 18.2 Å². The van der Waals surface area contributed by atoms with Crippen LogP contribution in [0.2, 0.25) is 0 Å². The van der Waals surface area contributed by atoms with Gasteiger partial charge in [0, 0.05) is 12.5 Å². The highest BCUT2D eigenvalue weighted by atomic mass is 16.3. The Morgan fingerprint density at radius 3 is 2.50 bits per heavy atom. The van der Waals surface area contributed by atoms with Crippen molar-refractivity contribution < 1.29 is 14.7 Å². The maximum absolute atomic E-state index is 11.8. The van der Waals surface area contributed by atoms with Gasteiger partial charge in [-0.1, -0.05) is 44.2 Å². The lowest BCUT2D eigenvalue weighted by Crippen LogP contribution is -2.41. The van der Waals surface area contributed by atoms with Crippen molar-refractivity contribution in [2.45, 2.75) is 51.3 Å². The lowest BCUT2D eigenvalue weighted by atomic mass is 9.99. The quantitative estimate of drug-likeness (QED) is 0.633. The zero-order valence-electron chi connectivity index (χ0n) is 13.2. The van der Waals surface area contributed by atoms with Crippen molar-refractivity contribution in [3.05, 3.63) is 35.9 Å². The van der Waals surface area contributed by atoms with E-state index in [0.29, 0.717) is 6.42 Å². The number of aliphatic hydroxyl groups is 1. The molecule has 0 fully saturated rings. The van der Waals surface area contributed by atoms with Gasteiger partial charge in [0.1, 0.15) is 0 Å². The average Bonchev–Trinajstić information content (AvgIpc) is 2.50. The molecule has 1 aromatic rings. The lowest BCUT2D eigenvalue weighted by molar-refractivity contribution is -0.122. The Hall–Kier alpha value is -1.72. The SMILES string of the molecule is CC(C)C([C]=O)NC(=O)CC[C@H](O)[C@@H](N)Cc1ccccc1. The molecule has 5 nitrogen and oxygen atoms in total. The van der Waals surface area contributed by atoms with Crippen molar-refractivity contribution >= 4 is 12.2 Å². The van der Waals surface area contributed by atoms with Gasteiger partial charge < -0.3 is 16.2 Å². The number of carbonyl (C=O) groups is 1. The molecule has 1 radical (unpaired) electrons. The molecule has 22 heavy (non-hydrogen) atoms. The third kappa shape index (κ3) is 6.37. The summed E-state index contributed by atoms with van der Waals surface area (Å²) in [7, 11) is 0. The summed E-state index contributed by atoms with van der Waals surface area (Å²) in [5.41, 5.74) is 7.02. The zero-order valence-corrected chi connectivity index (χ0v) is 13.2. The second-order valence-corrected chi connectivity index (χ2v) is 5.87. The van der Waals surface area contributed by atoms with Crippen molar-refractivity contribution in [3.63, 3.8) is 0 Å². The second kappa shape index (κ2) is 9.33. The molecule has 0 spiro atoms. The number of nitrogens with one attached hydrogen (secondary N) is 1. The second-order valence-electron chi connectivity index (χ2n) is 5.87. The summed E-state index contributed by atoms with van der Waals surface area (Å²) in [4.78, 5) is 22.5. The molecule has 1 amide bonds. The summed E-state index contributed by atoms with van der Waals surface area (Å²) in [6, 6.07) is 8.63. The first-order valence-corrected chi connectivity index (χ1v) is 7.58. The molecule has 0 aromatic heterocycles. The highest BCUT2D eigenvalue weighted by Crippen LogP contribution is 2.09. The molecule has 3 atom stereocenters. The molecule has 5 heteroatoms. The first kappa shape index (κ1) is 18.3. The summed E-state index contributed by atoms with van der Waals surface area (Å²) >= 11 is 0. The maximum Gasteiger partial charge on any atom is 0.223 e. The van der Waals surface area contributed by atoms with Gasteiger partial charge in [0.2, 0.25) is 12.2 Å². The molecular weight excluding hydrogens is 280 g/mol. The van der Waals surface area contributed by atoms with E-state index in [1.807, 2.05) is 44.2 Å². The Balaban J connectivity index is 2.36. The molecule has 0 aliphatic rings. The highest BCUT2D eigenvalue weighted by Gasteiger charge is 2.19. The van der Waals surface area contributed by atoms with E-state index in [0.717, 1.165) is 5.56 Å². The van der Waals surface area contributed by atoms with Crippen LogP contribution in [0.15, 0.2) is 30.3 Å². The number of aliphatic hydroxyl groups excluding tert-OH is 1. The van der Waals surface area contributed by atoms with Crippen molar-refractivity contribution in [2.75, 3.05) is 0 Å². The van der Waals surface area contributed by atoms with E-state index >= 15 is 0 Å². The topological polar surface area (TPSA) is 92.4 Å². The predicted molar refractivity (Wildman–Crippen MR) is 85.8 cm³/mol. The molecule has 0 aliphatic carbocycles.